The summed E-state index contributed by atoms with van der Waals surface area (Å²) in [7, 11) is 1.86. The molecule has 130 valence electrons. The minimum Gasteiger partial charge on any atom is -0.490 e. The number of aryl methyl sites for hydroxylation is 1. The Morgan fingerprint density at radius 3 is 2.67 bits per heavy atom. The lowest BCUT2D eigenvalue weighted by Gasteiger charge is -2.40. The maximum absolute atomic E-state index is 10.8. The lowest BCUT2D eigenvalue weighted by atomic mass is 9.97. The van der Waals surface area contributed by atoms with E-state index in [-0.39, 0.29) is 18.4 Å². The Bertz CT molecular complexity index is 651. The van der Waals surface area contributed by atoms with E-state index in [9.17, 15) is 5.11 Å². The molecule has 0 aliphatic carbocycles. The molecule has 0 amide bonds. The summed E-state index contributed by atoms with van der Waals surface area (Å²) in [5.74, 6) is 0.888. The summed E-state index contributed by atoms with van der Waals surface area (Å²) in [5.41, 5.74) is 3.36. The van der Waals surface area contributed by atoms with Crippen LogP contribution >= 0.6 is 12.4 Å². The lowest BCUT2D eigenvalue weighted by Crippen LogP contribution is -2.44. The summed E-state index contributed by atoms with van der Waals surface area (Å²) >= 11 is 0. The second-order valence-corrected chi connectivity index (χ2v) is 5.99. The Morgan fingerprint density at radius 1 is 1.21 bits per heavy atom. The first kappa shape index (κ1) is 18.6. The van der Waals surface area contributed by atoms with Crippen LogP contribution < -0.4 is 15.0 Å². The van der Waals surface area contributed by atoms with E-state index in [2.05, 4.69) is 41.4 Å². The zero-order valence-corrected chi connectivity index (χ0v) is 14.9. The molecule has 3 rings (SSSR count). The van der Waals surface area contributed by atoms with Crippen LogP contribution in [0.5, 0.6) is 5.75 Å². The zero-order valence-electron chi connectivity index (χ0n) is 14.1. The van der Waals surface area contributed by atoms with Crippen LogP contribution in [0.4, 0.5) is 5.69 Å². The quantitative estimate of drug-likeness (QED) is 0.872. The molecule has 4 nitrogen and oxygen atoms in total. The van der Waals surface area contributed by atoms with Crippen LogP contribution in [0.2, 0.25) is 0 Å². The second-order valence-electron chi connectivity index (χ2n) is 5.99. The van der Waals surface area contributed by atoms with E-state index in [1.54, 1.807) is 0 Å². The van der Waals surface area contributed by atoms with Gasteiger partial charge < -0.3 is 20.1 Å². The molecule has 2 aromatic rings. The summed E-state index contributed by atoms with van der Waals surface area (Å²) in [4.78, 5) is 2.27. The highest BCUT2D eigenvalue weighted by atomic mass is 35.5. The molecule has 2 unspecified atom stereocenters. The molecule has 0 aromatic heterocycles. The number of anilines is 1. The largest absolute Gasteiger partial charge is 0.490 e. The van der Waals surface area contributed by atoms with Crippen molar-refractivity contribution in [1.82, 2.24) is 5.32 Å². The van der Waals surface area contributed by atoms with Crippen molar-refractivity contribution < 1.29 is 9.84 Å². The number of fused-ring (bicyclic) bond motifs is 1. The third-order valence-corrected chi connectivity index (χ3v) is 4.27. The number of nitrogens with one attached hydrogen (secondary N) is 1. The van der Waals surface area contributed by atoms with Crippen molar-refractivity contribution >= 4 is 18.1 Å². The van der Waals surface area contributed by atoms with Crippen LogP contribution in [0.25, 0.3) is 0 Å². The van der Waals surface area contributed by atoms with Gasteiger partial charge in [-0.15, -0.1) is 12.4 Å². The topological polar surface area (TPSA) is 44.7 Å². The summed E-state index contributed by atoms with van der Waals surface area (Å²) in [6.45, 7) is 4.01. The van der Waals surface area contributed by atoms with E-state index in [4.69, 9.17) is 4.74 Å². The van der Waals surface area contributed by atoms with Gasteiger partial charge in [0.25, 0.3) is 0 Å². The van der Waals surface area contributed by atoms with Crippen molar-refractivity contribution in [3.8, 4) is 5.75 Å². The highest BCUT2D eigenvalue weighted by molar-refractivity contribution is 5.85. The van der Waals surface area contributed by atoms with Crippen molar-refractivity contribution in [2.75, 3.05) is 31.6 Å². The van der Waals surface area contributed by atoms with Gasteiger partial charge in [0, 0.05) is 6.54 Å². The molecular weight excluding hydrogens is 324 g/mol. The molecule has 0 saturated heterocycles. The number of halogens is 1. The third-order valence-electron chi connectivity index (χ3n) is 4.27. The molecule has 1 aliphatic heterocycles. The van der Waals surface area contributed by atoms with Gasteiger partial charge in [-0.05, 0) is 37.2 Å². The number of ether oxygens (including phenoxy) is 1. The van der Waals surface area contributed by atoms with Crippen molar-refractivity contribution in [2.24, 2.45) is 0 Å². The lowest BCUT2D eigenvalue weighted by molar-refractivity contribution is 0.135. The average Bonchev–Trinajstić information content (AvgIpc) is 2.57. The molecule has 1 aliphatic rings. The smallest absolute Gasteiger partial charge is 0.142 e. The molecule has 0 fully saturated rings. The fourth-order valence-corrected chi connectivity index (χ4v) is 3.22. The van der Waals surface area contributed by atoms with Crippen molar-refractivity contribution in [3.05, 3.63) is 59.7 Å². The molecule has 0 bridgehead atoms. The van der Waals surface area contributed by atoms with Crippen molar-refractivity contribution in [2.45, 2.75) is 19.1 Å². The summed E-state index contributed by atoms with van der Waals surface area (Å²) in [6.07, 6.45) is -0.506. The number of benzene rings is 2. The Hall–Kier alpha value is -1.75. The van der Waals surface area contributed by atoms with Crippen LogP contribution in [0, 0.1) is 6.92 Å². The number of rotatable bonds is 5. The summed E-state index contributed by atoms with van der Waals surface area (Å²) in [6, 6.07) is 16.3. The van der Waals surface area contributed by atoms with Gasteiger partial charge in [-0.25, -0.2) is 0 Å². The molecule has 1 heterocycles. The Kier molecular flexibility index (Phi) is 6.49. The highest BCUT2D eigenvalue weighted by Gasteiger charge is 2.31. The predicted octanol–water partition coefficient (Wildman–Crippen LogP) is 2.94. The fraction of sp³-hybridized carbons (Fsp3) is 0.368. The molecule has 2 N–H and O–H groups in total. The first-order valence-corrected chi connectivity index (χ1v) is 8.08. The maximum Gasteiger partial charge on any atom is 0.142 e. The molecule has 2 atom stereocenters. The summed E-state index contributed by atoms with van der Waals surface area (Å²) in [5, 5.41) is 13.8. The van der Waals surface area contributed by atoms with Crippen LogP contribution in [0.1, 0.15) is 17.2 Å². The van der Waals surface area contributed by atoms with Crippen LogP contribution in [0.15, 0.2) is 48.5 Å². The minimum absolute atomic E-state index is 0. The normalized spacial score (nSPS) is 15.7. The highest BCUT2D eigenvalue weighted by Crippen LogP contribution is 2.38. The molecule has 2 aromatic carbocycles. The third kappa shape index (κ3) is 3.83. The first-order valence-electron chi connectivity index (χ1n) is 8.08. The number of likely N-dealkylation sites (N-methyl/N-ethyl adjacent to an activating group) is 1. The Morgan fingerprint density at radius 2 is 1.96 bits per heavy atom. The zero-order chi connectivity index (χ0) is 16.2. The number of hydrogen-bond acceptors (Lipinski definition) is 4. The van der Waals surface area contributed by atoms with E-state index in [1.165, 1.54) is 5.56 Å². The van der Waals surface area contributed by atoms with E-state index >= 15 is 0 Å². The van der Waals surface area contributed by atoms with E-state index in [0.29, 0.717) is 13.2 Å². The van der Waals surface area contributed by atoms with Gasteiger partial charge in [0.15, 0.2) is 0 Å². The molecule has 0 saturated carbocycles. The number of aliphatic hydroxyl groups excluding tert-OH is 1. The molecule has 0 spiro atoms. The molecule has 0 radical (unpaired) electrons. The van der Waals surface area contributed by atoms with Crippen LogP contribution in [-0.4, -0.2) is 38.0 Å². The van der Waals surface area contributed by atoms with Crippen molar-refractivity contribution in [1.29, 1.82) is 0 Å². The van der Waals surface area contributed by atoms with Gasteiger partial charge >= 0.3 is 0 Å². The van der Waals surface area contributed by atoms with Gasteiger partial charge in [0.05, 0.1) is 24.4 Å². The van der Waals surface area contributed by atoms with Gasteiger partial charge in [-0.1, -0.05) is 36.4 Å². The van der Waals surface area contributed by atoms with E-state index in [1.807, 2.05) is 31.3 Å². The van der Waals surface area contributed by atoms with Gasteiger partial charge in [-0.3, -0.25) is 0 Å². The van der Waals surface area contributed by atoms with Gasteiger partial charge in [0.1, 0.15) is 12.4 Å². The number of hydrogen-bond donors (Lipinski definition) is 2. The van der Waals surface area contributed by atoms with Crippen molar-refractivity contribution in [3.63, 3.8) is 0 Å². The maximum atomic E-state index is 10.8. The molecular formula is C19H25ClN2O2. The van der Waals surface area contributed by atoms with E-state index in [0.717, 1.165) is 23.5 Å². The standard InChI is InChI=1S/C19H24N2O2.ClH/c1-14-8-9-18-16(12-14)21(10-11-23-18)19(17(22)13-20-2)15-6-4-3-5-7-15;/h3-9,12,17,19-20,22H,10-11,13H2,1-2H3;1H. The summed E-state index contributed by atoms with van der Waals surface area (Å²) < 4.78 is 5.80. The minimum atomic E-state index is -0.506. The molecule has 5 heteroatoms. The van der Waals surface area contributed by atoms with Crippen LogP contribution in [0.3, 0.4) is 0 Å². The SMILES string of the molecule is CNCC(O)C(c1ccccc1)N1CCOc2ccc(C)cc21.Cl. The number of aliphatic hydroxyl groups is 1. The predicted molar refractivity (Wildman–Crippen MR) is 100 cm³/mol. The fourth-order valence-electron chi connectivity index (χ4n) is 3.22. The van der Waals surface area contributed by atoms with E-state index < -0.39 is 6.10 Å². The first-order chi connectivity index (χ1) is 11.2. The van der Waals surface area contributed by atoms with Gasteiger partial charge in [0.2, 0.25) is 0 Å². The number of nitrogens with zero attached hydrogens (tertiary/aromatic N) is 1. The Balaban J connectivity index is 0.00000208. The second kappa shape index (κ2) is 8.38. The monoisotopic (exact) mass is 348 g/mol. The van der Waals surface area contributed by atoms with Crippen LogP contribution in [-0.2, 0) is 0 Å². The Labute approximate surface area is 149 Å². The average molecular weight is 349 g/mol. The molecule has 24 heavy (non-hydrogen) atoms. The van der Waals surface area contributed by atoms with Gasteiger partial charge in [-0.2, -0.15) is 0 Å².